The molecule has 0 aliphatic heterocycles. The van der Waals surface area contributed by atoms with Crippen molar-refractivity contribution >= 4 is 27.6 Å². The van der Waals surface area contributed by atoms with Crippen LogP contribution in [0.4, 0.5) is 10.5 Å². The van der Waals surface area contributed by atoms with Gasteiger partial charge in [0.15, 0.2) is 0 Å². The summed E-state index contributed by atoms with van der Waals surface area (Å²) in [7, 11) is 0. The van der Waals surface area contributed by atoms with E-state index in [1.807, 2.05) is 106 Å². The van der Waals surface area contributed by atoms with Gasteiger partial charge in [-0.05, 0) is 79.9 Å². The number of benzene rings is 3. The van der Waals surface area contributed by atoms with Crippen LogP contribution in [0.3, 0.4) is 0 Å². The van der Waals surface area contributed by atoms with E-state index < -0.39 is 0 Å². The van der Waals surface area contributed by atoms with Gasteiger partial charge in [0.05, 0.1) is 11.4 Å². The average molecular weight is 530 g/mol. The number of halogens is 1. The molecule has 0 aliphatic carbocycles. The number of hydrogen-bond acceptors (Lipinski definition) is 3. The van der Waals surface area contributed by atoms with E-state index in [0.29, 0.717) is 13.1 Å². The zero-order valence-corrected chi connectivity index (χ0v) is 21.7. The van der Waals surface area contributed by atoms with Crippen LogP contribution in [0.1, 0.15) is 28.1 Å². The fraction of sp³-hybridized carbons (Fsp3) is 0.172. The number of aryl methyl sites for hydroxylation is 3. The monoisotopic (exact) mass is 529 g/mol. The van der Waals surface area contributed by atoms with Crippen LogP contribution >= 0.6 is 15.9 Å². The van der Waals surface area contributed by atoms with Crippen LogP contribution in [0.2, 0.25) is 0 Å². The molecule has 0 radical (unpaired) electrons. The number of nitrogens with zero attached hydrogens (tertiary/aromatic N) is 2. The minimum absolute atomic E-state index is 0.166. The molecule has 0 saturated heterocycles. The highest BCUT2D eigenvalue weighted by molar-refractivity contribution is 9.10. The van der Waals surface area contributed by atoms with Gasteiger partial charge in [0.25, 0.3) is 0 Å². The minimum Gasteiger partial charge on any atom is -0.457 e. The number of rotatable bonds is 7. The molecule has 4 rings (SSSR count). The van der Waals surface area contributed by atoms with Crippen molar-refractivity contribution in [2.24, 2.45) is 0 Å². The van der Waals surface area contributed by atoms with Crippen LogP contribution in [-0.4, -0.2) is 15.9 Å². The lowest BCUT2D eigenvalue weighted by molar-refractivity contribution is 0.206. The number of urea groups is 1. The third kappa shape index (κ3) is 6.70. The third-order valence-corrected chi connectivity index (χ3v) is 6.14. The number of nitrogens with one attached hydrogen (secondary N) is 1. The fourth-order valence-electron chi connectivity index (χ4n) is 3.92. The van der Waals surface area contributed by atoms with Crippen molar-refractivity contribution in [1.82, 2.24) is 9.88 Å². The third-order valence-electron chi connectivity index (χ3n) is 5.61. The second kappa shape index (κ2) is 11.2. The molecule has 1 N–H and O–H groups in total. The highest BCUT2D eigenvalue weighted by Gasteiger charge is 2.17. The molecule has 0 aliphatic rings. The van der Waals surface area contributed by atoms with Gasteiger partial charge in [-0.25, -0.2) is 4.79 Å². The lowest BCUT2D eigenvalue weighted by Crippen LogP contribution is -2.34. The zero-order chi connectivity index (χ0) is 24.8. The molecular formula is C29H28BrN3O2. The second-order valence-corrected chi connectivity index (χ2v) is 9.43. The number of aromatic nitrogens is 1. The number of pyridine rings is 1. The van der Waals surface area contributed by atoms with E-state index in [0.717, 1.165) is 49.7 Å². The summed E-state index contributed by atoms with van der Waals surface area (Å²) in [6.45, 7) is 6.81. The summed E-state index contributed by atoms with van der Waals surface area (Å²) >= 11 is 3.43. The molecule has 6 heteroatoms. The minimum atomic E-state index is -0.166. The van der Waals surface area contributed by atoms with Crippen molar-refractivity contribution < 1.29 is 9.53 Å². The van der Waals surface area contributed by atoms with E-state index >= 15 is 0 Å². The number of carbonyl (C=O) groups excluding carboxylic acids is 1. The van der Waals surface area contributed by atoms with Gasteiger partial charge in [0, 0.05) is 23.3 Å². The molecule has 5 nitrogen and oxygen atoms in total. The molecule has 0 bridgehead atoms. The first-order valence-corrected chi connectivity index (χ1v) is 12.2. The Morgan fingerprint density at radius 3 is 2.03 bits per heavy atom. The van der Waals surface area contributed by atoms with Crippen LogP contribution in [0.15, 0.2) is 89.4 Å². The van der Waals surface area contributed by atoms with Crippen molar-refractivity contribution in [2.45, 2.75) is 33.9 Å². The first-order valence-electron chi connectivity index (χ1n) is 11.4. The number of amides is 2. The maximum absolute atomic E-state index is 13.4. The quantitative estimate of drug-likeness (QED) is 0.265. The summed E-state index contributed by atoms with van der Waals surface area (Å²) in [6, 6.07) is 27.3. The van der Waals surface area contributed by atoms with Crippen molar-refractivity contribution in [3.63, 3.8) is 0 Å². The summed E-state index contributed by atoms with van der Waals surface area (Å²) in [5, 5.41) is 3.09. The largest absolute Gasteiger partial charge is 0.457 e. The van der Waals surface area contributed by atoms with Gasteiger partial charge in [-0.3, -0.25) is 4.98 Å². The molecule has 0 spiro atoms. The normalized spacial score (nSPS) is 10.6. The maximum Gasteiger partial charge on any atom is 0.322 e. The molecule has 4 aromatic rings. The Bertz CT molecular complexity index is 1270. The second-order valence-electron chi connectivity index (χ2n) is 8.51. The SMILES string of the molecule is Cc1cc(C)c(NC(=O)N(Cc2ccccc2)Cc2ccc(Oc3ccc(Br)cc3)cc2)c(C)n1. The number of hydrogen-bond donors (Lipinski definition) is 1. The van der Waals surface area contributed by atoms with E-state index in [-0.39, 0.29) is 6.03 Å². The van der Waals surface area contributed by atoms with Crippen LogP contribution in [0, 0.1) is 20.8 Å². The molecule has 0 saturated carbocycles. The van der Waals surface area contributed by atoms with Crippen molar-refractivity contribution in [2.75, 3.05) is 5.32 Å². The predicted molar refractivity (Wildman–Crippen MR) is 144 cm³/mol. The Labute approximate surface area is 214 Å². The number of anilines is 1. The van der Waals surface area contributed by atoms with Gasteiger partial charge in [0.1, 0.15) is 11.5 Å². The average Bonchev–Trinajstić information content (AvgIpc) is 2.84. The highest BCUT2D eigenvalue weighted by Crippen LogP contribution is 2.25. The van der Waals surface area contributed by atoms with Crippen molar-refractivity contribution in [3.8, 4) is 11.5 Å². The van der Waals surface area contributed by atoms with Crippen molar-refractivity contribution in [3.05, 3.63) is 117 Å². The first kappa shape index (κ1) is 24.5. The lowest BCUT2D eigenvalue weighted by atomic mass is 10.1. The van der Waals surface area contributed by atoms with Crippen molar-refractivity contribution in [1.29, 1.82) is 0 Å². The predicted octanol–water partition coefficient (Wildman–Crippen LogP) is 7.80. The molecule has 1 heterocycles. The van der Waals surface area contributed by atoms with Crippen LogP contribution in [0.5, 0.6) is 11.5 Å². The standard InChI is InChI=1S/C29H28BrN3O2/c1-20-17-21(2)31-22(3)28(20)32-29(34)33(18-23-7-5-4-6-8-23)19-24-9-13-26(14-10-24)35-27-15-11-25(30)12-16-27/h4-17H,18-19H2,1-3H3,(H,32,34). The smallest absolute Gasteiger partial charge is 0.322 e. The first-order chi connectivity index (χ1) is 16.9. The van der Waals surface area contributed by atoms with Crippen LogP contribution in [0.25, 0.3) is 0 Å². The van der Waals surface area contributed by atoms with Gasteiger partial charge in [0.2, 0.25) is 0 Å². The molecule has 178 valence electrons. The Hall–Kier alpha value is -3.64. The van der Waals surface area contributed by atoms with Gasteiger partial charge >= 0.3 is 6.03 Å². The van der Waals surface area contributed by atoms with Gasteiger partial charge in [-0.1, -0.05) is 58.4 Å². The van der Waals surface area contributed by atoms with Crippen LogP contribution in [-0.2, 0) is 13.1 Å². The molecule has 1 aromatic heterocycles. The van der Waals surface area contributed by atoms with E-state index in [1.54, 1.807) is 4.90 Å². The van der Waals surface area contributed by atoms with Crippen LogP contribution < -0.4 is 10.1 Å². The zero-order valence-electron chi connectivity index (χ0n) is 20.1. The summed E-state index contributed by atoms with van der Waals surface area (Å²) in [5.74, 6) is 1.51. The van der Waals surface area contributed by atoms with E-state index in [1.165, 1.54) is 0 Å². The highest BCUT2D eigenvalue weighted by atomic mass is 79.9. The molecule has 2 amide bonds. The Balaban J connectivity index is 1.51. The lowest BCUT2D eigenvalue weighted by Gasteiger charge is -2.24. The van der Waals surface area contributed by atoms with E-state index in [4.69, 9.17) is 4.74 Å². The Kier molecular flexibility index (Phi) is 7.83. The number of ether oxygens (including phenoxy) is 1. The molecule has 0 atom stereocenters. The molecule has 0 fully saturated rings. The number of carbonyl (C=O) groups is 1. The van der Waals surface area contributed by atoms with E-state index in [9.17, 15) is 4.79 Å². The van der Waals surface area contributed by atoms with Gasteiger partial charge in [-0.2, -0.15) is 0 Å². The molecule has 35 heavy (non-hydrogen) atoms. The van der Waals surface area contributed by atoms with E-state index in [2.05, 4.69) is 26.2 Å². The summed E-state index contributed by atoms with van der Waals surface area (Å²) in [6.07, 6.45) is 0. The summed E-state index contributed by atoms with van der Waals surface area (Å²) < 4.78 is 6.93. The molecule has 3 aromatic carbocycles. The van der Waals surface area contributed by atoms with Gasteiger partial charge < -0.3 is 15.0 Å². The molecular weight excluding hydrogens is 502 g/mol. The maximum atomic E-state index is 13.4. The fourth-order valence-corrected chi connectivity index (χ4v) is 4.19. The summed E-state index contributed by atoms with van der Waals surface area (Å²) in [4.78, 5) is 19.7. The Morgan fingerprint density at radius 2 is 1.43 bits per heavy atom. The summed E-state index contributed by atoms with van der Waals surface area (Å²) in [5.41, 5.74) is 5.58. The van der Waals surface area contributed by atoms with Gasteiger partial charge in [-0.15, -0.1) is 0 Å². The topological polar surface area (TPSA) is 54.5 Å². The Morgan fingerprint density at radius 1 is 0.857 bits per heavy atom. The molecule has 0 unspecified atom stereocenters.